The lowest BCUT2D eigenvalue weighted by molar-refractivity contribution is -0.136. The number of imide groups is 1. The van der Waals surface area contributed by atoms with Gasteiger partial charge in [-0.2, -0.15) is 0 Å². The minimum Gasteiger partial charge on any atom is -0.383 e. The minimum absolute atomic E-state index is 0.112. The van der Waals surface area contributed by atoms with E-state index in [9.17, 15) is 14.4 Å². The molecule has 2 N–H and O–H groups in total. The fraction of sp³-hybridized carbons (Fsp3) is 0.550. The fourth-order valence-corrected chi connectivity index (χ4v) is 4.41. The van der Waals surface area contributed by atoms with Crippen LogP contribution in [0.5, 0.6) is 0 Å². The van der Waals surface area contributed by atoms with Crippen LogP contribution in [0.2, 0.25) is 0 Å². The number of benzene rings is 1. The number of fused-ring (bicyclic) bond motifs is 1. The third kappa shape index (κ3) is 3.55. The highest BCUT2D eigenvalue weighted by atomic mass is 16.5. The minimum atomic E-state index is -0.578. The molecule has 0 bridgehead atoms. The Morgan fingerprint density at radius 1 is 1.25 bits per heavy atom. The molecule has 0 saturated carbocycles. The van der Waals surface area contributed by atoms with Crippen molar-refractivity contribution in [1.82, 2.24) is 20.4 Å². The van der Waals surface area contributed by atoms with Crippen molar-refractivity contribution in [3.05, 3.63) is 34.9 Å². The molecular weight excluding hydrogens is 360 g/mol. The number of nitrogens with one attached hydrogen (secondary N) is 2. The van der Waals surface area contributed by atoms with E-state index in [1.54, 1.807) is 12.0 Å². The van der Waals surface area contributed by atoms with Gasteiger partial charge < -0.3 is 15.0 Å². The van der Waals surface area contributed by atoms with Gasteiger partial charge in [0.15, 0.2) is 0 Å². The van der Waals surface area contributed by atoms with Crippen molar-refractivity contribution in [2.45, 2.75) is 38.0 Å². The third-order valence-corrected chi connectivity index (χ3v) is 5.84. The molecule has 150 valence electrons. The van der Waals surface area contributed by atoms with Crippen LogP contribution in [0.4, 0.5) is 0 Å². The molecule has 2 saturated heterocycles. The molecule has 4 rings (SSSR count). The van der Waals surface area contributed by atoms with Gasteiger partial charge in [0.25, 0.3) is 5.91 Å². The van der Waals surface area contributed by atoms with Crippen LogP contribution in [0.3, 0.4) is 0 Å². The summed E-state index contributed by atoms with van der Waals surface area (Å²) in [5.41, 5.74) is 2.65. The number of amides is 3. The number of piperazine rings is 1. The molecular formula is C20H26N4O4. The molecule has 8 nitrogen and oxygen atoms in total. The van der Waals surface area contributed by atoms with E-state index in [4.69, 9.17) is 4.74 Å². The second-order valence-electron chi connectivity index (χ2n) is 7.63. The topological polar surface area (TPSA) is 91.0 Å². The summed E-state index contributed by atoms with van der Waals surface area (Å²) in [7, 11) is 1.70. The molecule has 2 unspecified atom stereocenters. The number of ether oxygens (including phenoxy) is 1. The predicted octanol–water partition coefficient (Wildman–Crippen LogP) is -0.132. The van der Waals surface area contributed by atoms with Gasteiger partial charge in [0.1, 0.15) is 6.04 Å². The summed E-state index contributed by atoms with van der Waals surface area (Å²) < 4.78 is 5.35. The van der Waals surface area contributed by atoms with Crippen molar-refractivity contribution in [1.29, 1.82) is 0 Å². The highest BCUT2D eigenvalue weighted by Crippen LogP contribution is 2.30. The van der Waals surface area contributed by atoms with Gasteiger partial charge >= 0.3 is 0 Å². The monoisotopic (exact) mass is 386 g/mol. The first-order valence-electron chi connectivity index (χ1n) is 9.77. The first kappa shape index (κ1) is 19.0. The number of hydrogen-bond acceptors (Lipinski definition) is 6. The number of rotatable bonds is 5. The van der Waals surface area contributed by atoms with Gasteiger partial charge in [0.2, 0.25) is 11.8 Å². The van der Waals surface area contributed by atoms with E-state index < -0.39 is 6.04 Å². The molecule has 0 aromatic heterocycles. The van der Waals surface area contributed by atoms with E-state index in [2.05, 4.69) is 15.5 Å². The average Bonchev–Trinajstić information content (AvgIpc) is 3.01. The summed E-state index contributed by atoms with van der Waals surface area (Å²) >= 11 is 0. The molecule has 3 amide bonds. The van der Waals surface area contributed by atoms with Crippen molar-refractivity contribution >= 4 is 17.7 Å². The summed E-state index contributed by atoms with van der Waals surface area (Å²) in [4.78, 5) is 40.8. The van der Waals surface area contributed by atoms with E-state index in [1.807, 2.05) is 18.2 Å². The number of methoxy groups -OCH3 is 1. The molecule has 1 aromatic carbocycles. The Bertz CT molecular complexity index is 794. The highest BCUT2D eigenvalue weighted by Gasteiger charge is 2.40. The molecule has 2 atom stereocenters. The number of hydrogen-bond donors (Lipinski definition) is 2. The van der Waals surface area contributed by atoms with Gasteiger partial charge in [-0.15, -0.1) is 0 Å². The molecule has 0 aliphatic carbocycles. The number of piperidine rings is 1. The SMILES string of the molecule is COCC1CNCCN1Cc1cccc2c1C(=O)N(C1CCC(=O)NC1=O)C2. The second kappa shape index (κ2) is 7.98. The zero-order chi connectivity index (χ0) is 19.7. The number of carbonyl (C=O) groups excluding carboxylic acids is 3. The van der Waals surface area contributed by atoms with Gasteiger partial charge in [0, 0.05) is 57.9 Å². The second-order valence-corrected chi connectivity index (χ2v) is 7.63. The molecule has 0 radical (unpaired) electrons. The van der Waals surface area contributed by atoms with Gasteiger partial charge in [-0.05, 0) is 17.5 Å². The van der Waals surface area contributed by atoms with Gasteiger partial charge in [0.05, 0.1) is 6.61 Å². The Labute approximate surface area is 164 Å². The van der Waals surface area contributed by atoms with Crippen LogP contribution >= 0.6 is 0 Å². The lowest BCUT2D eigenvalue weighted by atomic mass is 10.0. The quantitative estimate of drug-likeness (QED) is 0.685. The summed E-state index contributed by atoms with van der Waals surface area (Å²) in [5, 5.41) is 5.74. The van der Waals surface area contributed by atoms with E-state index >= 15 is 0 Å². The first-order chi connectivity index (χ1) is 13.6. The Morgan fingerprint density at radius 3 is 2.89 bits per heavy atom. The van der Waals surface area contributed by atoms with Crippen LogP contribution < -0.4 is 10.6 Å². The van der Waals surface area contributed by atoms with E-state index in [1.165, 1.54) is 0 Å². The number of carbonyl (C=O) groups is 3. The molecule has 1 aromatic rings. The van der Waals surface area contributed by atoms with Crippen LogP contribution in [0.15, 0.2) is 18.2 Å². The van der Waals surface area contributed by atoms with Crippen molar-refractivity contribution in [3.8, 4) is 0 Å². The maximum atomic E-state index is 13.2. The predicted molar refractivity (Wildman–Crippen MR) is 101 cm³/mol. The number of nitrogens with zero attached hydrogens (tertiary/aromatic N) is 2. The largest absolute Gasteiger partial charge is 0.383 e. The molecule has 2 fully saturated rings. The molecule has 3 heterocycles. The maximum Gasteiger partial charge on any atom is 0.255 e. The van der Waals surface area contributed by atoms with Gasteiger partial charge in [-0.1, -0.05) is 18.2 Å². The van der Waals surface area contributed by atoms with Gasteiger partial charge in [-0.25, -0.2) is 0 Å². The van der Waals surface area contributed by atoms with Crippen LogP contribution in [-0.4, -0.2) is 73.0 Å². The van der Waals surface area contributed by atoms with E-state index in [0.717, 1.165) is 30.8 Å². The Balaban J connectivity index is 1.55. The standard InChI is InChI=1S/C20H26N4O4/c1-28-12-15-9-21-7-8-23(15)10-13-3-2-4-14-11-24(20(27)18(13)14)16-5-6-17(25)22-19(16)26/h2-4,15-16,21H,5-12H2,1H3,(H,22,25,26). The molecule has 0 spiro atoms. The zero-order valence-corrected chi connectivity index (χ0v) is 16.1. The summed E-state index contributed by atoms with van der Waals surface area (Å²) in [6.07, 6.45) is 0.649. The van der Waals surface area contributed by atoms with Crippen molar-refractivity contribution in [3.63, 3.8) is 0 Å². The Kier molecular flexibility index (Phi) is 5.43. The smallest absolute Gasteiger partial charge is 0.255 e. The summed E-state index contributed by atoms with van der Waals surface area (Å²) in [6.45, 7) is 4.39. The van der Waals surface area contributed by atoms with Crippen molar-refractivity contribution in [2.75, 3.05) is 33.4 Å². The molecule has 8 heteroatoms. The fourth-order valence-electron chi connectivity index (χ4n) is 4.41. The van der Waals surface area contributed by atoms with Crippen LogP contribution in [0.1, 0.15) is 34.3 Å². The Morgan fingerprint density at radius 2 is 2.11 bits per heavy atom. The van der Waals surface area contributed by atoms with Crippen molar-refractivity contribution in [2.24, 2.45) is 0 Å². The normalized spacial score (nSPS) is 25.8. The maximum absolute atomic E-state index is 13.2. The molecule has 3 aliphatic rings. The zero-order valence-electron chi connectivity index (χ0n) is 16.1. The summed E-state index contributed by atoms with van der Waals surface area (Å²) in [5.74, 6) is -0.756. The van der Waals surface area contributed by atoms with Crippen LogP contribution in [-0.2, 0) is 27.4 Å². The molecule has 3 aliphatic heterocycles. The van der Waals surface area contributed by atoms with Crippen molar-refractivity contribution < 1.29 is 19.1 Å². The van der Waals surface area contributed by atoms with E-state index in [-0.39, 0.29) is 30.2 Å². The Hall–Kier alpha value is -2.29. The van der Waals surface area contributed by atoms with Crippen LogP contribution in [0, 0.1) is 0 Å². The highest BCUT2D eigenvalue weighted by molar-refractivity contribution is 6.05. The van der Waals surface area contributed by atoms with Crippen LogP contribution in [0.25, 0.3) is 0 Å². The van der Waals surface area contributed by atoms with E-state index in [0.29, 0.717) is 31.7 Å². The molecule has 28 heavy (non-hydrogen) atoms. The average molecular weight is 386 g/mol. The van der Waals surface area contributed by atoms with Gasteiger partial charge in [-0.3, -0.25) is 24.6 Å². The third-order valence-electron chi connectivity index (χ3n) is 5.84. The lowest BCUT2D eigenvalue weighted by Crippen LogP contribution is -2.53. The first-order valence-corrected chi connectivity index (χ1v) is 9.77. The summed E-state index contributed by atoms with van der Waals surface area (Å²) in [6, 6.07) is 5.61. The lowest BCUT2D eigenvalue weighted by Gasteiger charge is -2.36.